The molecule has 2 aromatic rings. The van der Waals surface area contributed by atoms with Crippen molar-refractivity contribution in [1.29, 1.82) is 0 Å². The van der Waals surface area contributed by atoms with Crippen LogP contribution in [0.4, 0.5) is 5.69 Å². The quantitative estimate of drug-likeness (QED) is 0.909. The van der Waals surface area contributed by atoms with Gasteiger partial charge in [-0.2, -0.15) is 0 Å². The number of nitrogens with zero attached hydrogens (tertiary/aromatic N) is 1. The van der Waals surface area contributed by atoms with Gasteiger partial charge < -0.3 is 10.5 Å². The van der Waals surface area contributed by atoms with Crippen LogP contribution < -0.4 is 10.5 Å². The number of pyridine rings is 1. The summed E-state index contributed by atoms with van der Waals surface area (Å²) in [5.74, 6) is 0.761. The number of para-hydroxylation sites is 1. The van der Waals surface area contributed by atoms with E-state index >= 15 is 0 Å². The summed E-state index contributed by atoms with van der Waals surface area (Å²) in [5.41, 5.74) is 7.16. The predicted octanol–water partition coefficient (Wildman–Crippen LogP) is 3.77. The molecule has 0 atom stereocenters. The largest absolute Gasteiger partial charge is 0.485 e. The summed E-state index contributed by atoms with van der Waals surface area (Å²) in [7, 11) is 0. The number of rotatable bonds is 3. The van der Waals surface area contributed by atoms with E-state index in [0.29, 0.717) is 12.3 Å². The standard InChI is InChI=1S/C12H10Br2N2O/c13-10-2-1-3-11(14)12(10)17-7-9-6-8(15)4-5-16-9/h1-6H,7H2,(H2,15,16). The van der Waals surface area contributed by atoms with E-state index in [-0.39, 0.29) is 0 Å². The van der Waals surface area contributed by atoms with Crippen molar-refractivity contribution in [1.82, 2.24) is 4.98 Å². The average Bonchev–Trinajstić information content (AvgIpc) is 2.28. The maximum atomic E-state index is 5.70. The second kappa shape index (κ2) is 5.51. The van der Waals surface area contributed by atoms with Crippen molar-refractivity contribution in [3.8, 4) is 5.75 Å². The Morgan fingerprint density at radius 1 is 1.18 bits per heavy atom. The van der Waals surface area contributed by atoms with Crippen molar-refractivity contribution >= 4 is 37.5 Å². The molecule has 0 saturated carbocycles. The molecule has 2 N–H and O–H groups in total. The van der Waals surface area contributed by atoms with Crippen LogP contribution in [0.15, 0.2) is 45.5 Å². The minimum atomic E-state index is 0.381. The van der Waals surface area contributed by atoms with Gasteiger partial charge in [-0.1, -0.05) is 6.07 Å². The number of aromatic nitrogens is 1. The SMILES string of the molecule is Nc1ccnc(COc2c(Br)cccc2Br)c1. The summed E-state index contributed by atoms with van der Waals surface area (Å²) in [4.78, 5) is 4.18. The first kappa shape index (κ1) is 12.4. The summed E-state index contributed by atoms with van der Waals surface area (Å²) < 4.78 is 7.49. The highest BCUT2D eigenvalue weighted by atomic mass is 79.9. The molecule has 0 amide bonds. The molecule has 3 nitrogen and oxygen atoms in total. The van der Waals surface area contributed by atoms with Crippen LogP contribution in [0.5, 0.6) is 5.75 Å². The molecule has 5 heteroatoms. The predicted molar refractivity (Wildman–Crippen MR) is 74.8 cm³/mol. The fourth-order valence-corrected chi connectivity index (χ4v) is 2.57. The van der Waals surface area contributed by atoms with E-state index in [1.54, 1.807) is 18.3 Å². The fraction of sp³-hybridized carbons (Fsp3) is 0.0833. The second-order valence-corrected chi connectivity index (χ2v) is 5.13. The van der Waals surface area contributed by atoms with Crippen LogP contribution in [0.3, 0.4) is 0 Å². The highest BCUT2D eigenvalue weighted by molar-refractivity contribution is 9.11. The molecule has 0 saturated heterocycles. The third kappa shape index (κ3) is 3.20. The smallest absolute Gasteiger partial charge is 0.148 e. The molecular weight excluding hydrogens is 348 g/mol. The topological polar surface area (TPSA) is 48.1 Å². The summed E-state index contributed by atoms with van der Waals surface area (Å²) in [6, 6.07) is 9.32. The Labute approximate surface area is 116 Å². The third-order valence-corrected chi connectivity index (χ3v) is 3.37. The van der Waals surface area contributed by atoms with Crippen molar-refractivity contribution < 1.29 is 4.74 Å². The molecule has 88 valence electrons. The molecule has 0 fully saturated rings. The molecule has 0 radical (unpaired) electrons. The Bertz CT molecular complexity index is 511. The zero-order valence-electron chi connectivity index (χ0n) is 8.86. The Morgan fingerprint density at radius 2 is 1.88 bits per heavy atom. The number of nitrogens with two attached hydrogens (primary N) is 1. The minimum absolute atomic E-state index is 0.381. The van der Waals surface area contributed by atoms with Crippen LogP contribution in [-0.2, 0) is 6.61 Å². The van der Waals surface area contributed by atoms with Crippen molar-refractivity contribution in [3.63, 3.8) is 0 Å². The summed E-state index contributed by atoms with van der Waals surface area (Å²) in [6.07, 6.45) is 1.67. The molecule has 1 aromatic carbocycles. The van der Waals surface area contributed by atoms with Crippen molar-refractivity contribution in [2.24, 2.45) is 0 Å². The van der Waals surface area contributed by atoms with Crippen LogP contribution >= 0.6 is 31.9 Å². The lowest BCUT2D eigenvalue weighted by Crippen LogP contribution is -2.00. The van der Waals surface area contributed by atoms with Gasteiger partial charge in [-0.3, -0.25) is 4.98 Å². The first-order valence-electron chi connectivity index (χ1n) is 4.94. The second-order valence-electron chi connectivity index (χ2n) is 3.42. The van der Waals surface area contributed by atoms with Crippen LogP contribution in [-0.4, -0.2) is 4.98 Å². The van der Waals surface area contributed by atoms with Crippen LogP contribution in [0, 0.1) is 0 Å². The maximum Gasteiger partial charge on any atom is 0.148 e. The van der Waals surface area contributed by atoms with Gasteiger partial charge >= 0.3 is 0 Å². The Hall–Kier alpha value is -1.07. The number of hydrogen-bond donors (Lipinski definition) is 1. The van der Waals surface area contributed by atoms with Crippen molar-refractivity contribution in [3.05, 3.63) is 51.2 Å². The molecule has 2 rings (SSSR count). The lowest BCUT2D eigenvalue weighted by molar-refractivity contribution is 0.297. The van der Waals surface area contributed by atoms with Gasteiger partial charge in [0, 0.05) is 11.9 Å². The average molecular weight is 358 g/mol. The number of ether oxygens (including phenoxy) is 1. The summed E-state index contributed by atoms with van der Waals surface area (Å²) >= 11 is 6.87. The Kier molecular flexibility index (Phi) is 4.02. The van der Waals surface area contributed by atoms with Gasteiger partial charge in [-0.15, -0.1) is 0 Å². The van der Waals surface area contributed by atoms with E-state index in [0.717, 1.165) is 20.4 Å². The van der Waals surface area contributed by atoms with Gasteiger partial charge in [-0.05, 0) is 56.1 Å². The van der Waals surface area contributed by atoms with Gasteiger partial charge in [0.05, 0.1) is 14.6 Å². The van der Waals surface area contributed by atoms with Crippen LogP contribution in [0.2, 0.25) is 0 Å². The zero-order valence-corrected chi connectivity index (χ0v) is 12.0. The molecule has 0 aliphatic heterocycles. The third-order valence-electron chi connectivity index (χ3n) is 2.12. The lowest BCUT2D eigenvalue weighted by Gasteiger charge is -2.09. The van der Waals surface area contributed by atoms with Gasteiger partial charge in [0.2, 0.25) is 0 Å². The molecule has 0 bridgehead atoms. The minimum Gasteiger partial charge on any atom is -0.485 e. The van der Waals surface area contributed by atoms with E-state index in [9.17, 15) is 0 Å². The number of nitrogen functional groups attached to an aromatic ring is 1. The first-order chi connectivity index (χ1) is 8.16. The monoisotopic (exact) mass is 356 g/mol. The van der Waals surface area contributed by atoms with Gasteiger partial charge in [-0.25, -0.2) is 0 Å². The molecule has 1 heterocycles. The normalized spacial score (nSPS) is 10.2. The van der Waals surface area contributed by atoms with Gasteiger partial charge in [0.25, 0.3) is 0 Å². The number of hydrogen-bond acceptors (Lipinski definition) is 3. The van der Waals surface area contributed by atoms with E-state index in [1.807, 2.05) is 18.2 Å². The van der Waals surface area contributed by atoms with Crippen molar-refractivity contribution in [2.45, 2.75) is 6.61 Å². The number of halogens is 2. The number of anilines is 1. The van der Waals surface area contributed by atoms with E-state index in [2.05, 4.69) is 36.8 Å². The molecule has 17 heavy (non-hydrogen) atoms. The Balaban J connectivity index is 2.13. The molecule has 1 aromatic heterocycles. The maximum absolute atomic E-state index is 5.70. The first-order valence-corrected chi connectivity index (χ1v) is 6.52. The summed E-state index contributed by atoms with van der Waals surface area (Å²) in [5, 5.41) is 0. The van der Waals surface area contributed by atoms with Gasteiger partial charge in [0.1, 0.15) is 12.4 Å². The molecule has 0 unspecified atom stereocenters. The van der Waals surface area contributed by atoms with Gasteiger partial charge in [0.15, 0.2) is 0 Å². The van der Waals surface area contributed by atoms with E-state index in [4.69, 9.17) is 10.5 Å². The van der Waals surface area contributed by atoms with Crippen LogP contribution in [0.1, 0.15) is 5.69 Å². The van der Waals surface area contributed by atoms with Crippen LogP contribution in [0.25, 0.3) is 0 Å². The Morgan fingerprint density at radius 3 is 2.53 bits per heavy atom. The zero-order chi connectivity index (χ0) is 12.3. The highest BCUT2D eigenvalue weighted by Gasteiger charge is 2.06. The fourth-order valence-electron chi connectivity index (χ4n) is 1.34. The molecule has 0 aliphatic carbocycles. The molecule has 0 spiro atoms. The molecule has 0 aliphatic rings. The van der Waals surface area contributed by atoms with Crippen molar-refractivity contribution in [2.75, 3.05) is 5.73 Å². The lowest BCUT2D eigenvalue weighted by atomic mass is 10.3. The number of benzene rings is 1. The molecular formula is C12H10Br2N2O. The summed E-state index contributed by atoms with van der Waals surface area (Å²) in [6.45, 7) is 0.381. The highest BCUT2D eigenvalue weighted by Crippen LogP contribution is 2.33. The van der Waals surface area contributed by atoms with E-state index < -0.39 is 0 Å². The van der Waals surface area contributed by atoms with E-state index in [1.165, 1.54) is 0 Å².